The predicted octanol–water partition coefficient (Wildman–Crippen LogP) is 4.83. The summed E-state index contributed by atoms with van der Waals surface area (Å²) < 4.78 is 0. The third-order valence-corrected chi connectivity index (χ3v) is 5.73. The largest absolute Gasteiger partial charge is 0.507 e. The number of phenolic OH excluding ortho intramolecular Hbond substituents is 6. The number of hydrogen-bond acceptors (Lipinski definition) is 6. The summed E-state index contributed by atoms with van der Waals surface area (Å²) in [4.78, 5) is 0. The summed E-state index contributed by atoms with van der Waals surface area (Å²) in [6.07, 6.45) is 0.556. The fraction of sp³-hybridized carbons (Fsp3) is 0.0400. The Bertz CT molecular complexity index is 1370. The van der Waals surface area contributed by atoms with Gasteiger partial charge in [0.2, 0.25) is 0 Å². The average molecular weight is 414 g/mol. The van der Waals surface area contributed by atoms with Crippen molar-refractivity contribution in [2.75, 3.05) is 0 Å². The van der Waals surface area contributed by atoms with Crippen LogP contribution in [0, 0.1) is 0 Å². The quantitative estimate of drug-likeness (QED) is 0.182. The number of rotatable bonds is 2. The zero-order chi connectivity index (χ0) is 21.9. The Morgan fingerprint density at radius 1 is 0.452 bits per heavy atom. The highest BCUT2D eigenvalue weighted by atomic mass is 16.3. The zero-order valence-corrected chi connectivity index (χ0v) is 16.2. The molecule has 0 heterocycles. The lowest BCUT2D eigenvalue weighted by molar-refractivity contribution is 0.397. The summed E-state index contributed by atoms with van der Waals surface area (Å²) in [6.45, 7) is 0. The summed E-state index contributed by atoms with van der Waals surface area (Å²) in [5.74, 6) is -2.21. The van der Waals surface area contributed by atoms with Crippen molar-refractivity contribution in [3.63, 3.8) is 0 Å². The van der Waals surface area contributed by atoms with E-state index in [1.807, 2.05) is 30.3 Å². The third-order valence-electron chi connectivity index (χ3n) is 5.73. The van der Waals surface area contributed by atoms with Gasteiger partial charge in [-0.05, 0) is 51.9 Å². The average Bonchev–Trinajstić information content (AvgIpc) is 3.12. The van der Waals surface area contributed by atoms with Crippen molar-refractivity contribution in [1.82, 2.24) is 0 Å². The molecular formula is C25H18O6. The van der Waals surface area contributed by atoms with E-state index in [-0.39, 0.29) is 22.6 Å². The Labute approximate surface area is 177 Å². The summed E-state index contributed by atoms with van der Waals surface area (Å²) in [7, 11) is 0. The van der Waals surface area contributed by atoms with Gasteiger partial charge in [0.1, 0.15) is 11.5 Å². The van der Waals surface area contributed by atoms with Crippen LogP contribution in [-0.2, 0) is 6.42 Å². The van der Waals surface area contributed by atoms with Gasteiger partial charge in [-0.25, -0.2) is 0 Å². The highest BCUT2D eigenvalue weighted by Gasteiger charge is 2.27. The minimum Gasteiger partial charge on any atom is -0.507 e. The van der Waals surface area contributed by atoms with Crippen LogP contribution in [-0.4, -0.2) is 30.6 Å². The number of benzene rings is 4. The standard InChI is InChI=1S/C25H18O6/c26-19-10-23(30)21(28)8-16(19)15-6-5-14-13-4-2-1-3-12(13)7-17(14)25(15)18-9-22(29)24(31)11-20(18)27/h1-6,8-11,26-31H,7H2. The first-order valence-corrected chi connectivity index (χ1v) is 9.60. The first kappa shape index (κ1) is 18.7. The van der Waals surface area contributed by atoms with Crippen molar-refractivity contribution >= 4 is 0 Å². The summed E-state index contributed by atoms with van der Waals surface area (Å²) in [5, 5.41) is 60.8. The van der Waals surface area contributed by atoms with E-state index in [4.69, 9.17) is 0 Å². The Morgan fingerprint density at radius 3 is 1.71 bits per heavy atom. The molecule has 0 spiro atoms. The molecule has 6 nitrogen and oxygen atoms in total. The molecule has 5 rings (SSSR count). The molecule has 0 saturated heterocycles. The van der Waals surface area contributed by atoms with Gasteiger partial charge in [0.25, 0.3) is 0 Å². The van der Waals surface area contributed by atoms with Crippen molar-refractivity contribution in [3.8, 4) is 67.9 Å². The molecule has 0 amide bonds. The van der Waals surface area contributed by atoms with Crippen LogP contribution >= 0.6 is 0 Å². The lowest BCUT2D eigenvalue weighted by Crippen LogP contribution is -1.94. The van der Waals surface area contributed by atoms with Crippen LogP contribution in [0.1, 0.15) is 11.1 Å². The van der Waals surface area contributed by atoms with Gasteiger partial charge >= 0.3 is 0 Å². The Balaban J connectivity index is 1.87. The smallest absolute Gasteiger partial charge is 0.161 e. The SMILES string of the molecule is Oc1cc(O)c(-c2ccc3c(c2-c2cc(O)c(O)cc2O)Cc2ccccc2-3)cc1O. The Hall–Kier alpha value is -4.32. The second kappa shape index (κ2) is 6.60. The van der Waals surface area contributed by atoms with Gasteiger partial charge in [-0.2, -0.15) is 0 Å². The number of aromatic hydroxyl groups is 6. The Morgan fingerprint density at radius 2 is 1.00 bits per heavy atom. The van der Waals surface area contributed by atoms with Crippen molar-refractivity contribution in [1.29, 1.82) is 0 Å². The minimum absolute atomic E-state index is 0.246. The molecule has 6 N–H and O–H groups in total. The zero-order valence-electron chi connectivity index (χ0n) is 16.2. The van der Waals surface area contributed by atoms with E-state index in [0.29, 0.717) is 17.5 Å². The second-order valence-corrected chi connectivity index (χ2v) is 7.56. The Kier molecular flexibility index (Phi) is 3.98. The highest BCUT2D eigenvalue weighted by molar-refractivity contribution is 5.97. The summed E-state index contributed by atoms with van der Waals surface area (Å²) in [6, 6.07) is 16.2. The van der Waals surface area contributed by atoms with Crippen LogP contribution in [0.3, 0.4) is 0 Å². The summed E-state index contributed by atoms with van der Waals surface area (Å²) >= 11 is 0. The van der Waals surface area contributed by atoms with E-state index in [1.165, 1.54) is 12.1 Å². The van der Waals surface area contributed by atoms with E-state index in [9.17, 15) is 30.6 Å². The number of fused-ring (bicyclic) bond motifs is 3. The molecule has 0 radical (unpaired) electrons. The molecule has 31 heavy (non-hydrogen) atoms. The van der Waals surface area contributed by atoms with E-state index >= 15 is 0 Å². The topological polar surface area (TPSA) is 121 Å². The van der Waals surface area contributed by atoms with Crippen LogP contribution in [0.25, 0.3) is 33.4 Å². The molecule has 0 saturated carbocycles. The molecule has 1 aliphatic carbocycles. The molecule has 0 unspecified atom stereocenters. The molecule has 0 bridgehead atoms. The van der Waals surface area contributed by atoms with E-state index in [2.05, 4.69) is 0 Å². The molecule has 1 aliphatic rings. The number of phenols is 6. The molecule has 0 aromatic heterocycles. The monoisotopic (exact) mass is 414 g/mol. The van der Waals surface area contributed by atoms with Crippen molar-refractivity contribution in [2.24, 2.45) is 0 Å². The van der Waals surface area contributed by atoms with Gasteiger partial charge in [0.05, 0.1) is 0 Å². The van der Waals surface area contributed by atoms with Crippen LogP contribution < -0.4 is 0 Å². The lowest BCUT2D eigenvalue weighted by atomic mass is 9.87. The van der Waals surface area contributed by atoms with Gasteiger partial charge in [0, 0.05) is 23.3 Å². The molecule has 0 aliphatic heterocycles. The fourth-order valence-electron chi connectivity index (χ4n) is 4.29. The van der Waals surface area contributed by atoms with Crippen LogP contribution in [0.5, 0.6) is 34.5 Å². The second-order valence-electron chi connectivity index (χ2n) is 7.56. The van der Waals surface area contributed by atoms with Gasteiger partial charge in [-0.3, -0.25) is 0 Å². The normalized spacial score (nSPS) is 11.9. The van der Waals surface area contributed by atoms with Gasteiger partial charge in [0.15, 0.2) is 23.0 Å². The fourth-order valence-corrected chi connectivity index (χ4v) is 4.29. The number of hydrogen-bond donors (Lipinski definition) is 6. The lowest BCUT2D eigenvalue weighted by Gasteiger charge is -2.18. The molecule has 6 heteroatoms. The van der Waals surface area contributed by atoms with Crippen molar-refractivity contribution in [2.45, 2.75) is 6.42 Å². The maximum absolute atomic E-state index is 10.6. The van der Waals surface area contributed by atoms with Gasteiger partial charge in [-0.15, -0.1) is 0 Å². The molecule has 4 aromatic rings. The maximum Gasteiger partial charge on any atom is 0.161 e. The van der Waals surface area contributed by atoms with E-state index < -0.39 is 23.0 Å². The molecule has 0 atom stereocenters. The maximum atomic E-state index is 10.6. The predicted molar refractivity (Wildman–Crippen MR) is 116 cm³/mol. The van der Waals surface area contributed by atoms with Crippen molar-refractivity contribution < 1.29 is 30.6 Å². The van der Waals surface area contributed by atoms with E-state index in [1.54, 1.807) is 6.07 Å². The first-order valence-electron chi connectivity index (χ1n) is 9.60. The van der Waals surface area contributed by atoms with Gasteiger partial charge in [-0.1, -0.05) is 36.4 Å². The molecule has 154 valence electrons. The van der Waals surface area contributed by atoms with E-state index in [0.717, 1.165) is 34.4 Å². The molecular weight excluding hydrogens is 396 g/mol. The molecule has 4 aromatic carbocycles. The van der Waals surface area contributed by atoms with Crippen molar-refractivity contribution in [3.05, 3.63) is 71.8 Å². The van der Waals surface area contributed by atoms with Gasteiger partial charge < -0.3 is 30.6 Å². The van der Waals surface area contributed by atoms with Crippen LogP contribution in [0.2, 0.25) is 0 Å². The summed E-state index contributed by atoms with van der Waals surface area (Å²) in [5.41, 5.74) is 5.50. The first-order chi connectivity index (χ1) is 14.8. The highest BCUT2D eigenvalue weighted by Crippen LogP contribution is 2.51. The molecule has 0 fully saturated rings. The third kappa shape index (κ3) is 2.80. The minimum atomic E-state index is -0.457. The van der Waals surface area contributed by atoms with Crippen LogP contribution in [0.4, 0.5) is 0 Å². The van der Waals surface area contributed by atoms with Crippen LogP contribution in [0.15, 0.2) is 60.7 Å².